The van der Waals surface area contributed by atoms with E-state index in [1.807, 2.05) is 0 Å². The van der Waals surface area contributed by atoms with Crippen LogP contribution in [0.15, 0.2) is 6.20 Å². The van der Waals surface area contributed by atoms with Gasteiger partial charge in [0.1, 0.15) is 4.88 Å². The number of unbranched alkanes of at least 4 members (excludes halogenated alkanes) is 3. The van der Waals surface area contributed by atoms with Gasteiger partial charge in [0.25, 0.3) is 5.91 Å². The minimum Gasteiger partial charge on any atom is -0.351 e. The Morgan fingerprint density at radius 3 is 2.87 bits per heavy atom. The average molecular weight is 339 g/mol. The predicted molar refractivity (Wildman–Crippen MR) is 69.6 cm³/mol. The molecule has 0 bridgehead atoms. The van der Waals surface area contributed by atoms with E-state index in [0.717, 1.165) is 24.5 Å². The molecule has 1 rings (SSSR count). The van der Waals surface area contributed by atoms with Crippen molar-refractivity contribution < 1.29 is 4.79 Å². The summed E-state index contributed by atoms with van der Waals surface area (Å²) in [6.07, 6.45) is 6.25. The molecular formula is C9H14IN3OS. The van der Waals surface area contributed by atoms with Crippen LogP contribution < -0.4 is 5.32 Å². The average Bonchev–Trinajstić information content (AvgIpc) is 2.76. The van der Waals surface area contributed by atoms with E-state index in [0.29, 0.717) is 4.88 Å². The van der Waals surface area contributed by atoms with E-state index in [9.17, 15) is 4.79 Å². The Morgan fingerprint density at radius 1 is 1.40 bits per heavy atom. The Morgan fingerprint density at radius 2 is 2.20 bits per heavy atom. The van der Waals surface area contributed by atoms with Crippen molar-refractivity contribution in [3.63, 3.8) is 0 Å². The van der Waals surface area contributed by atoms with Gasteiger partial charge in [-0.15, -0.1) is 5.10 Å². The van der Waals surface area contributed by atoms with Crippen LogP contribution in [0.4, 0.5) is 0 Å². The number of hydrogen-bond donors (Lipinski definition) is 1. The number of carbonyl (C=O) groups is 1. The summed E-state index contributed by atoms with van der Waals surface area (Å²) in [4.78, 5) is 12.0. The molecule has 1 heterocycles. The molecule has 4 nitrogen and oxygen atoms in total. The van der Waals surface area contributed by atoms with Crippen LogP contribution in [0.3, 0.4) is 0 Å². The van der Waals surface area contributed by atoms with Crippen molar-refractivity contribution in [3.05, 3.63) is 11.1 Å². The summed E-state index contributed by atoms with van der Waals surface area (Å²) < 4.78 is 4.86. The molecule has 1 aromatic heterocycles. The number of hydrogen-bond acceptors (Lipinski definition) is 4. The summed E-state index contributed by atoms with van der Waals surface area (Å²) in [5, 5.41) is 6.47. The molecule has 15 heavy (non-hydrogen) atoms. The summed E-state index contributed by atoms with van der Waals surface area (Å²) in [5.74, 6) is -0.0566. The van der Waals surface area contributed by atoms with Crippen LogP contribution in [0, 0.1) is 0 Å². The van der Waals surface area contributed by atoms with E-state index in [1.165, 1.54) is 29.9 Å². The third kappa shape index (κ3) is 5.41. The van der Waals surface area contributed by atoms with Crippen LogP contribution in [0.25, 0.3) is 0 Å². The number of amides is 1. The lowest BCUT2D eigenvalue weighted by molar-refractivity contribution is 0.0957. The van der Waals surface area contributed by atoms with Gasteiger partial charge in [0, 0.05) is 6.54 Å². The van der Waals surface area contributed by atoms with E-state index in [-0.39, 0.29) is 5.91 Å². The number of alkyl halides is 1. The minimum atomic E-state index is -0.0566. The maximum Gasteiger partial charge on any atom is 0.264 e. The number of halogens is 1. The molecule has 1 amide bonds. The predicted octanol–water partition coefficient (Wildman–Crippen LogP) is 2.26. The fourth-order valence-electron chi connectivity index (χ4n) is 1.13. The van der Waals surface area contributed by atoms with Crippen LogP contribution in [0.1, 0.15) is 35.4 Å². The molecule has 0 radical (unpaired) electrons. The van der Waals surface area contributed by atoms with Crippen LogP contribution in [-0.4, -0.2) is 26.5 Å². The second-order valence-electron chi connectivity index (χ2n) is 3.14. The van der Waals surface area contributed by atoms with Crippen molar-refractivity contribution in [3.8, 4) is 0 Å². The van der Waals surface area contributed by atoms with Gasteiger partial charge in [0.05, 0.1) is 6.20 Å². The quantitative estimate of drug-likeness (QED) is 0.471. The Labute approximate surface area is 107 Å². The maximum absolute atomic E-state index is 11.4. The van der Waals surface area contributed by atoms with Gasteiger partial charge in [-0.25, -0.2) is 0 Å². The first-order valence-corrected chi connectivity index (χ1v) is 7.26. The van der Waals surface area contributed by atoms with E-state index in [4.69, 9.17) is 0 Å². The van der Waals surface area contributed by atoms with Gasteiger partial charge in [-0.05, 0) is 28.8 Å². The van der Waals surface area contributed by atoms with Gasteiger partial charge in [0.15, 0.2) is 0 Å². The van der Waals surface area contributed by atoms with Crippen LogP contribution in [-0.2, 0) is 0 Å². The smallest absolute Gasteiger partial charge is 0.264 e. The highest BCUT2D eigenvalue weighted by Crippen LogP contribution is 2.03. The largest absolute Gasteiger partial charge is 0.351 e. The summed E-state index contributed by atoms with van der Waals surface area (Å²) in [6.45, 7) is 0.748. The van der Waals surface area contributed by atoms with E-state index >= 15 is 0 Å². The molecule has 0 aliphatic rings. The number of carbonyl (C=O) groups excluding carboxylic acids is 1. The lowest BCUT2D eigenvalue weighted by Crippen LogP contribution is -2.23. The van der Waals surface area contributed by atoms with Crippen LogP contribution in [0.2, 0.25) is 0 Å². The van der Waals surface area contributed by atoms with Crippen molar-refractivity contribution in [2.45, 2.75) is 25.7 Å². The molecule has 1 N–H and O–H groups in total. The second-order valence-corrected chi connectivity index (χ2v) is 5.01. The van der Waals surface area contributed by atoms with Gasteiger partial charge >= 0.3 is 0 Å². The summed E-state index contributed by atoms with van der Waals surface area (Å²) in [7, 11) is 0. The molecular weight excluding hydrogens is 325 g/mol. The minimum absolute atomic E-state index is 0.0566. The molecule has 0 saturated carbocycles. The lowest BCUT2D eigenvalue weighted by Gasteiger charge is -2.02. The molecule has 0 spiro atoms. The fourth-order valence-corrected chi connectivity index (χ4v) is 2.10. The van der Waals surface area contributed by atoms with Gasteiger partial charge in [-0.2, -0.15) is 0 Å². The van der Waals surface area contributed by atoms with Gasteiger partial charge < -0.3 is 5.32 Å². The first-order valence-electron chi connectivity index (χ1n) is 4.96. The molecule has 0 atom stereocenters. The zero-order chi connectivity index (χ0) is 10.9. The van der Waals surface area contributed by atoms with E-state index in [2.05, 4.69) is 37.5 Å². The standard InChI is InChI=1S/C9H14IN3OS/c10-5-3-1-2-4-6-11-9(14)8-7-12-13-15-8/h7H,1-6H2,(H,11,14). The van der Waals surface area contributed by atoms with Gasteiger partial charge in [-0.1, -0.05) is 39.9 Å². The highest BCUT2D eigenvalue weighted by Gasteiger charge is 2.06. The van der Waals surface area contributed by atoms with Crippen molar-refractivity contribution >= 4 is 40.0 Å². The van der Waals surface area contributed by atoms with Crippen LogP contribution in [0.5, 0.6) is 0 Å². The first kappa shape index (κ1) is 12.8. The van der Waals surface area contributed by atoms with Crippen molar-refractivity contribution in [1.82, 2.24) is 14.9 Å². The van der Waals surface area contributed by atoms with E-state index < -0.39 is 0 Å². The number of nitrogens with zero attached hydrogens (tertiary/aromatic N) is 2. The summed E-state index contributed by atoms with van der Waals surface area (Å²) in [6, 6.07) is 0. The molecule has 0 fully saturated rings. The molecule has 6 heteroatoms. The molecule has 0 aliphatic carbocycles. The van der Waals surface area contributed by atoms with Gasteiger partial charge in [0.2, 0.25) is 0 Å². The van der Waals surface area contributed by atoms with Crippen LogP contribution >= 0.6 is 34.1 Å². The molecule has 0 aromatic carbocycles. The van der Waals surface area contributed by atoms with Crippen molar-refractivity contribution in [1.29, 1.82) is 0 Å². The Bertz CT molecular complexity index is 279. The Balaban J connectivity index is 2.03. The lowest BCUT2D eigenvalue weighted by atomic mass is 10.2. The number of nitrogens with one attached hydrogen (secondary N) is 1. The third-order valence-electron chi connectivity index (χ3n) is 1.93. The first-order chi connectivity index (χ1) is 7.34. The molecule has 84 valence electrons. The molecule has 0 saturated heterocycles. The monoisotopic (exact) mass is 339 g/mol. The second kappa shape index (κ2) is 7.98. The third-order valence-corrected chi connectivity index (χ3v) is 3.36. The molecule has 1 aromatic rings. The van der Waals surface area contributed by atoms with Crippen molar-refractivity contribution in [2.75, 3.05) is 11.0 Å². The summed E-state index contributed by atoms with van der Waals surface area (Å²) in [5.41, 5.74) is 0. The topological polar surface area (TPSA) is 54.9 Å². The number of rotatable bonds is 7. The van der Waals surface area contributed by atoms with E-state index in [1.54, 1.807) is 0 Å². The zero-order valence-corrected chi connectivity index (χ0v) is 11.4. The Hall–Kier alpha value is -0.240. The van der Waals surface area contributed by atoms with Crippen molar-refractivity contribution in [2.24, 2.45) is 0 Å². The summed E-state index contributed by atoms with van der Waals surface area (Å²) >= 11 is 3.51. The Kier molecular flexibility index (Phi) is 6.82. The molecule has 0 unspecified atom stereocenters. The zero-order valence-electron chi connectivity index (χ0n) is 8.41. The SMILES string of the molecule is O=C(NCCCCCCI)c1cnns1. The fraction of sp³-hybridized carbons (Fsp3) is 0.667. The highest BCUT2D eigenvalue weighted by molar-refractivity contribution is 14.1. The number of aromatic nitrogens is 2. The normalized spacial score (nSPS) is 10.2. The maximum atomic E-state index is 11.4. The highest BCUT2D eigenvalue weighted by atomic mass is 127. The van der Waals surface area contributed by atoms with Gasteiger partial charge in [-0.3, -0.25) is 4.79 Å². The molecule has 0 aliphatic heterocycles.